The van der Waals surface area contributed by atoms with Gasteiger partial charge in [-0.2, -0.15) is 5.26 Å². The van der Waals surface area contributed by atoms with Crippen molar-refractivity contribution in [2.75, 3.05) is 11.1 Å². The molecular formula is C14H9BrFN3O. The number of amides is 1. The van der Waals surface area contributed by atoms with Crippen molar-refractivity contribution in [1.29, 1.82) is 5.26 Å². The molecule has 20 heavy (non-hydrogen) atoms. The second-order valence-electron chi connectivity index (χ2n) is 3.96. The Morgan fingerprint density at radius 3 is 2.70 bits per heavy atom. The maximum atomic E-state index is 13.7. The number of rotatable bonds is 2. The summed E-state index contributed by atoms with van der Waals surface area (Å²) >= 11 is 3.13. The fourth-order valence-corrected chi connectivity index (χ4v) is 2.17. The highest BCUT2D eigenvalue weighted by Crippen LogP contribution is 2.24. The van der Waals surface area contributed by atoms with Crippen molar-refractivity contribution >= 4 is 33.2 Å². The number of benzene rings is 2. The van der Waals surface area contributed by atoms with E-state index in [1.807, 2.05) is 6.07 Å². The summed E-state index contributed by atoms with van der Waals surface area (Å²) in [6.45, 7) is 0. The molecule has 0 heterocycles. The third-order valence-electron chi connectivity index (χ3n) is 2.62. The van der Waals surface area contributed by atoms with E-state index in [0.29, 0.717) is 15.7 Å². The van der Waals surface area contributed by atoms with Crippen molar-refractivity contribution in [3.8, 4) is 6.07 Å². The molecule has 0 aliphatic heterocycles. The topological polar surface area (TPSA) is 78.9 Å². The zero-order valence-electron chi connectivity index (χ0n) is 10.2. The zero-order chi connectivity index (χ0) is 14.7. The van der Waals surface area contributed by atoms with Gasteiger partial charge in [-0.15, -0.1) is 0 Å². The fraction of sp³-hybridized carbons (Fsp3) is 0. The second-order valence-corrected chi connectivity index (χ2v) is 4.82. The molecule has 0 aliphatic carbocycles. The van der Waals surface area contributed by atoms with Crippen LogP contribution in [0.15, 0.2) is 40.9 Å². The van der Waals surface area contributed by atoms with E-state index in [0.717, 1.165) is 0 Å². The van der Waals surface area contributed by atoms with E-state index in [-0.39, 0.29) is 11.3 Å². The number of nitrogen functional groups attached to an aromatic ring is 1. The Morgan fingerprint density at radius 2 is 2.10 bits per heavy atom. The molecule has 4 nitrogen and oxygen atoms in total. The van der Waals surface area contributed by atoms with Gasteiger partial charge in [0.05, 0.1) is 28.6 Å². The summed E-state index contributed by atoms with van der Waals surface area (Å²) < 4.78 is 14.0. The third kappa shape index (κ3) is 2.78. The van der Waals surface area contributed by atoms with Crippen molar-refractivity contribution in [3.63, 3.8) is 0 Å². The first-order valence-corrected chi connectivity index (χ1v) is 6.37. The molecular weight excluding hydrogens is 325 g/mol. The number of anilines is 2. The third-order valence-corrected chi connectivity index (χ3v) is 3.28. The molecule has 0 aliphatic rings. The first kappa shape index (κ1) is 14.0. The smallest absolute Gasteiger partial charge is 0.259 e. The van der Waals surface area contributed by atoms with E-state index in [9.17, 15) is 9.18 Å². The number of carbonyl (C=O) groups is 1. The lowest BCUT2D eigenvalue weighted by Gasteiger charge is -2.10. The van der Waals surface area contributed by atoms with E-state index >= 15 is 0 Å². The minimum absolute atomic E-state index is 0.101. The fourth-order valence-electron chi connectivity index (χ4n) is 1.65. The number of hydrogen-bond donors (Lipinski definition) is 2. The predicted octanol–water partition coefficient (Wildman–Crippen LogP) is 3.29. The zero-order valence-corrected chi connectivity index (χ0v) is 11.7. The lowest BCUT2D eigenvalue weighted by Crippen LogP contribution is -2.15. The molecule has 2 rings (SSSR count). The van der Waals surface area contributed by atoms with Crippen molar-refractivity contribution in [2.24, 2.45) is 0 Å². The van der Waals surface area contributed by atoms with Crippen LogP contribution in [0.4, 0.5) is 15.8 Å². The van der Waals surface area contributed by atoms with Gasteiger partial charge in [-0.05, 0) is 46.3 Å². The number of hydrogen-bond acceptors (Lipinski definition) is 3. The van der Waals surface area contributed by atoms with Crippen LogP contribution in [0, 0.1) is 17.1 Å². The highest BCUT2D eigenvalue weighted by Gasteiger charge is 2.16. The SMILES string of the molecule is N#Cc1ccc(NC(=O)c2c(F)cccc2Br)c(N)c1. The molecule has 0 bridgehead atoms. The minimum Gasteiger partial charge on any atom is -0.397 e. The first-order chi connectivity index (χ1) is 9.52. The highest BCUT2D eigenvalue weighted by atomic mass is 79.9. The minimum atomic E-state index is -0.635. The Hall–Kier alpha value is -2.39. The van der Waals surface area contributed by atoms with E-state index < -0.39 is 11.7 Å². The van der Waals surface area contributed by atoms with Gasteiger partial charge in [0.15, 0.2) is 0 Å². The maximum absolute atomic E-state index is 13.7. The molecule has 0 saturated heterocycles. The van der Waals surface area contributed by atoms with Gasteiger partial charge >= 0.3 is 0 Å². The number of carbonyl (C=O) groups excluding carboxylic acids is 1. The number of nitrogens with zero attached hydrogens (tertiary/aromatic N) is 1. The van der Waals surface area contributed by atoms with Crippen molar-refractivity contribution in [2.45, 2.75) is 0 Å². The van der Waals surface area contributed by atoms with Crippen LogP contribution in [0.5, 0.6) is 0 Å². The summed E-state index contributed by atoms with van der Waals surface area (Å²) in [6, 6.07) is 10.6. The van der Waals surface area contributed by atoms with E-state index in [1.54, 1.807) is 6.07 Å². The highest BCUT2D eigenvalue weighted by molar-refractivity contribution is 9.10. The van der Waals surface area contributed by atoms with Gasteiger partial charge in [-0.25, -0.2) is 4.39 Å². The summed E-state index contributed by atoms with van der Waals surface area (Å²) in [5.74, 6) is -1.25. The predicted molar refractivity (Wildman–Crippen MR) is 77.6 cm³/mol. The lowest BCUT2D eigenvalue weighted by molar-refractivity contribution is 0.102. The van der Waals surface area contributed by atoms with E-state index in [4.69, 9.17) is 11.0 Å². The van der Waals surface area contributed by atoms with Crippen LogP contribution in [0.2, 0.25) is 0 Å². The van der Waals surface area contributed by atoms with Crippen molar-refractivity contribution in [3.05, 3.63) is 57.8 Å². The molecule has 0 unspecified atom stereocenters. The average Bonchev–Trinajstić information content (AvgIpc) is 2.41. The molecule has 0 fully saturated rings. The van der Waals surface area contributed by atoms with Crippen LogP contribution in [0.1, 0.15) is 15.9 Å². The van der Waals surface area contributed by atoms with E-state index in [2.05, 4.69) is 21.2 Å². The molecule has 2 aromatic rings. The molecule has 0 radical (unpaired) electrons. The van der Waals surface area contributed by atoms with Crippen LogP contribution in [-0.4, -0.2) is 5.91 Å². The van der Waals surface area contributed by atoms with Crippen LogP contribution >= 0.6 is 15.9 Å². The number of nitrogens with two attached hydrogens (primary N) is 1. The van der Waals surface area contributed by atoms with Crippen molar-refractivity contribution in [1.82, 2.24) is 0 Å². The lowest BCUT2D eigenvalue weighted by atomic mass is 10.1. The second kappa shape index (κ2) is 5.72. The van der Waals surface area contributed by atoms with Gasteiger partial charge < -0.3 is 11.1 Å². The average molecular weight is 334 g/mol. The van der Waals surface area contributed by atoms with Crippen LogP contribution in [-0.2, 0) is 0 Å². The molecule has 0 spiro atoms. The first-order valence-electron chi connectivity index (χ1n) is 5.58. The molecule has 0 saturated carbocycles. The number of nitriles is 1. The molecule has 0 aromatic heterocycles. The molecule has 6 heteroatoms. The molecule has 100 valence electrons. The van der Waals surface area contributed by atoms with Gasteiger partial charge in [0.25, 0.3) is 5.91 Å². The Balaban J connectivity index is 2.31. The Morgan fingerprint density at radius 1 is 1.35 bits per heavy atom. The molecule has 1 amide bonds. The van der Waals surface area contributed by atoms with Crippen LogP contribution < -0.4 is 11.1 Å². The Labute approximate surface area is 123 Å². The van der Waals surface area contributed by atoms with Crippen LogP contribution in [0.3, 0.4) is 0 Å². The quantitative estimate of drug-likeness (QED) is 0.827. The molecule has 3 N–H and O–H groups in total. The largest absolute Gasteiger partial charge is 0.397 e. The number of nitrogens with one attached hydrogen (secondary N) is 1. The van der Waals surface area contributed by atoms with Crippen molar-refractivity contribution < 1.29 is 9.18 Å². The number of halogens is 2. The monoisotopic (exact) mass is 333 g/mol. The van der Waals surface area contributed by atoms with Gasteiger partial charge in [0.1, 0.15) is 5.82 Å². The Kier molecular flexibility index (Phi) is 4.01. The summed E-state index contributed by atoms with van der Waals surface area (Å²) in [5.41, 5.74) is 6.57. The van der Waals surface area contributed by atoms with Gasteiger partial charge in [0.2, 0.25) is 0 Å². The summed E-state index contributed by atoms with van der Waals surface area (Å²) in [6.07, 6.45) is 0. The van der Waals surface area contributed by atoms with Gasteiger partial charge in [-0.1, -0.05) is 6.07 Å². The van der Waals surface area contributed by atoms with Crippen LogP contribution in [0.25, 0.3) is 0 Å². The summed E-state index contributed by atoms with van der Waals surface area (Å²) in [5, 5.41) is 11.3. The molecule has 0 atom stereocenters. The van der Waals surface area contributed by atoms with Gasteiger partial charge in [-0.3, -0.25) is 4.79 Å². The standard InChI is InChI=1S/C14H9BrFN3O/c15-9-2-1-3-10(16)13(9)14(20)19-12-5-4-8(7-17)6-11(12)18/h1-6H,18H2,(H,19,20). The maximum Gasteiger partial charge on any atom is 0.259 e. The normalized spacial score (nSPS) is 9.85. The van der Waals surface area contributed by atoms with E-state index in [1.165, 1.54) is 30.3 Å². The summed E-state index contributed by atoms with van der Waals surface area (Å²) in [7, 11) is 0. The Bertz CT molecular complexity index is 705. The molecule has 2 aromatic carbocycles. The van der Waals surface area contributed by atoms with Gasteiger partial charge in [0, 0.05) is 4.47 Å². The summed E-state index contributed by atoms with van der Waals surface area (Å²) in [4.78, 5) is 12.1.